The summed E-state index contributed by atoms with van der Waals surface area (Å²) in [5.74, 6) is 1.48. The number of hydrazine groups is 1. The Morgan fingerprint density at radius 1 is 0.970 bits per heavy atom. The minimum Gasteiger partial charge on any atom is -0.356 e. The maximum Gasteiger partial charge on any atom is 0.237 e. The van der Waals surface area contributed by atoms with Gasteiger partial charge < -0.3 is 10.6 Å². The normalized spacial score (nSPS) is 32.8. The number of nitrogens with one attached hydrogen (secondary N) is 6. The van der Waals surface area contributed by atoms with E-state index >= 15 is 0 Å². The van der Waals surface area contributed by atoms with Gasteiger partial charge in [0, 0.05) is 24.8 Å². The molecule has 2 saturated heterocycles. The van der Waals surface area contributed by atoms with Crippen LogP contribution in [0.5, 0.6) is 0 Å². The Morgan fingerprint density at radius 2 is 1.76 bits per heavy atom. The molecular weight excluding hydrogens is 420 g/mol. The Morgan fingerprint density at radius 3 is 2.64 bits per heavy atom. The van der Waals surface area contributed by atoms with Gasteiger partial charge in [-0.2, -0.15) is 5.48 Å². The maximum atomic E-state index is 12.1. The van der Waals surface area contributed by atoms with Gasteiger partial charge in [0.15, 0.2) is 0 Å². The van der Waals surface area contributed by atoms with E-state index < -0.39 is 0 Å². The van der Waals surface area contributed by atoms with Crippen LogP contribution < -0.4 is 32.3 Å². The highest BCUT2D eigenvalue weighted by Crippen LogP contribution is 2.33. The molecule has 5 atom stereocenters. The van der Waals surface area contributed by atoms with E-state index in [4.69, 9.17) is 4.84 Å². The molecule has 4 rings (SSSR count). The molecule has 2 aliphatic carbocycles. The molecule has 0 aromatic carbocycles. The fraction of sp³-hybridized carbons (Fsp3) is 0.917. The topological polar surface area (TPSA) is 116 Å². The van der Waals surface area contributed by atoms with E-state index in [0.717, 1.165) is 51.5 Å². The second-order valence-corrected chi connectivity index (χ2v) is 10.3. The fourth-order valence-electron chi connectivity index (χ4n) is 5.97. The number of hydrogen-bond donors (Lipinski definition) is 6. The van der Waals surface area contributed by atoms with Crippen molar-refractivity contribution in [3.63, 3.8) is 0 Å². The molecule has 9 nitrogen and oxygen atoms in total. The second kappa shape index (κ2) is 13.0. The summed E-state index contributed by atoms with van der Waals surface area (Å²) in [7, 11) is 0. The second-order valence-electron chi connectivity index (χ2n) is 10.3. The zero-order chi connectivity index (χ0) is 22.9. The van der Waals surface area contributed by atoms with Gasteiger partial charge in [0.05, 0.1) is 12.3 Å². The Balaban J connectivity index is 0.998. The number of carbonyl (C=O) groups is 2. The van der Waals surface area contributed by atoms with Crippen LogP contribution in [0.4, 0.5) is 0 Å². The summed E-state index contributed by atoms with van der Waals surface area (Å²) < 4.78 is 0. The highest BCUT2D eigenvalue weighted by Gasteiger charge is 2.39. The standard InChI is InChI=1S/C24H44N6O3/c31-20(13-8-14-21-27-22(30-33-21)17-9-2-1-3-10-17)25-15-6-7-16-26-23-18-11-4-5-12-19(18)24(32)29-28-23/h17-19,21-23,26-28,30H,1-16H2,(H,25,31)(H,29,32). The lowest BCUT2D eigenvalue weighted by atomic mass is 9.76. The average molecular weight is 465 g/mol. The van der Waals surface area contributed by atoms with Crippen LogP contribution >= 0.6 is 0 Å². The van der Waals surface area contributed by atoms with E-state index in [0.29, 0.717) is 24.8 Å². The SMILES string of the molecule is O=C(CCCC1NC(C2CCCCC2)NO1)NCCCCNC1NNC(=O)C2CCCCC12. The van der Waals surface area contributed by atoms with E-state index in [2.05, 4.69) is 32.3 Å². The van der Waals surface area contributed by atoms with E-state index in [1.807, 2.05) is 0 Å². The summed E-state index contributed by atoms with van der Waals surface area (Å²) in [4.78, 5) is 29.9. The average Bonchev–Trinajstić information content (AvgIpc) is 3.32. The van der Waals surface area contributed by atoms with Crippen molar-refractivity contribution in [3.8, 4) is 0 Å². The third kappa shape index (κ3) is 7.36. The molecule has 33 heavy (non-hydrogen) atoms. The van der Waals surface area contributed by atoms with Crippen molar-refractivity contribution in [3.05, 3.63) is 0 Å². The van der Waals surface area contributed by atoms with Crippen molar-refractivity contribution in [2.45, 2.75) is 108 Å². The van der Waals surface area contributed by atoms with Gasteiger partial charge in [-0.15, -0.1) is 0 Å². The largest absolute Gasteiger partial charge is 0.356 e. The summed E-state index contributed by atoms with van der Waals surface area (Å²) in [6.45, 7) is 1.59. The highest BCUT2D eigenvalue weighted by molar-refractivity contribution is 5.79. The van der Waals surface area contributed by atoms with Gasteiger partial charge in [-0.05, 0) is 63.8 Å². The predicted octanol–water partition coefficient (Wildman–Crippen LogP) is 1.77. The molecule has 2 saturated carbocycles. The lowest BCUT2D eigenvalue weighted by Crippen LogP contribution is -2.64. The van der Waals surface area contributed by atoms with E-state index in [1.54, 1.807) is 0 Å². The number of hydroxylamine groups is 1. The summed E-state index contributed by atoms with van der Waals surface area (Å²) in [6.07, 6.45) is 15.6. The van der Waals surface area contributed by atoms with Crippen LogP contribution in [0.15, 0.2) is 0 Å². The molecule has 9 heteroatoms. The van der Waals surface area contributed by atoms with Crippen LogP contribution in [-0.2, 0) is 14.4 Å². The van der Waals surface area contributed by atoms with Gasteiger partial charge in [-0.25, -0.2) is 5.43 Å². The quantitative estimate of drug-likeness (QED) is 0.258. The van der Waals surface area contributed by atoms with Crippen molar-refractivity contribution in [1.29, 1.82) is 0 Å². The summed E-state index contributed by atoms with van der Waals surface area (Å²) in [5, 5.41) is 10.1. The van der Waals surface area contributed by atoms with Gasteiger partial charge in [0.2, 0.25) is 11.8 Å². The highest BCUT2D eigenvalue weighted by atomic mass is 16.7. The minimum atomic E-state index is 0.0118. The van der Waals surface area contributed by atoms with E-state index in [1.165, 1.54) is 38.5 Å². The zero-order valence-electron chi connectivity index (χ0n) is 20.0. The third-order valence-corrected chi connectivity index (χ3v) is 7.92. The molecule has 0 aromatic rings. The van der Waals surface area contributed by atoms with Crippen molar-refractivity contribution < 1.29 is 14.4 Å². The number of amides is 2. The molecule has 2 aliphatic heterocycles. The molecule has 4 aliphatic rings. The van der Waals surface area contributed by atoms with Crippen LogP contribution in [0.1, 0.15) is 89.9 Å². The molecule has 0 aromatic heterocycles. The monoisotopic (exact) mass is 464 g/mol. The first-order chi connectivity index (χ1) is 16.2. The van der Waals surface area contributed by atoms with Crippen LogP contribution in [0, 0.1) is 17.8 Å². The summed E-state index contributed by atoms with van der Waals surface area (Å²) >= 11 is 0. The number of rotatable bonds is 11. The smallest absolute Gasteiger partial charge is 0.237 e. The van der Waals surface area contributed by atoms with E-state index in [-0.39, 0.29) is 36.3 Å². The predicted molar refractivity (Wildman–Crippen MR) is 126 cm³/mol. The molecule has 2 heterocycles. The van der Waals surface area contributed by atoms with Gasteiger partial charge >= 0.3 is 0 Å². The number of hydrogen-bond acceptors (Lipinski definition) is 7. The Bertz CT molecular complexity index is 629. The number of carbonyl (C=O) groups excluding carboxylic acids is 2. The first-order valence-corrected chi connectivity index (χ1v) is 13.4. The van der Waals surface area contributed by atoms with Crippen molar-refractivity contribution >= 4 is 11.8 Å². The lowest BCUT2D eigenvalue weighted by Gasteiger charge is -2.41. The molecule has 0 radical (unpaired) electrons. The van der Waals surface area contributed by atoms with Crippen LogP contribution in [0.2, 0.25) is 0 Å². The van der Waals surface area contributed by atoms with Crippen molar-refractivity contribution in [1.82, 2.24) is 32.3 Å². The van der Waals surface area contributed by atoms with Crippen LogP contribution in [0.25, 0.3) is 0 Å². The van der Waals surface area contributed by atoms with Gasteiger partial charge in [-0.1, -0.05) is 32.1 Å². The fourth-order valence-corrected chi connectivity index (χ4v) is 5.97. The van der Waals surface area contributed by atoms with Gasteiger partial charge in [0.25, 0.3) is 0 Å². The molecular formula is C24H44N6O3. The van der Waals surface area contributed by atoms with Crippen molar-refractivity contribution in [2.75, 3.05) is 13.1 Å². The van der Waals surface area contributed by atoms with Gasteiger partial charge in [0.1, 0.15) is 6.23 Å². The Hall–Kier alpha value is -1.26. The number of fused-ring (bicyclic) bond motifs is 1. The maximum absolute atomic E-state index is 12.1. The van der Waals surface area contributed by atoms with E-state index in [9.17, 15) is 9.59 Å². The Kier molecular flexibility index (Phi) is 9.79. The first kappa shape index (κ1) is 24.9. The van der Waals surface area contributed by atoms with Crippen LogP contribution in [-0.4, -0.2) is 43.5 Å². The summed E-state index contributed by atoms with van der Waals surface area (Å²) in [5.41, 5.74) is 9.14. The lowest BCUT2D eigenvalue weighted by molar-refractivity contribution is -0.134. The molecule has 4 fully saturated rings. The zero-order valence-corrected chi connectivity index (χ0v) is 20.0. The third-order valence-electron chi connectivity index (χ3n) is 7.92. The minimum absolute atomic E-state index is 0.0118. The summed E-state index contributed by atoms with van der Waals surface area (Å²) in [6, 6.07) is 0. The first-order valence-electron chi connectivity index (χ1n) is 13.4. The molecule has 188 valence electrons. The molecule has 2 amide bonds. The van der Waals surface area contributed by atoms with Crippen molar-refractivity contribution in [2.24, 2.45) is 17.8 Å². The van der Waals surface area contributed by atoms with Crippen LogP contribution in [0.3, 0.4) is 0 Å². The Labute approximate surface area is 198 Å². The molecule has 6 N–H and O–H groups in total. The number of unbranched alkanes of at least 4 members (excludes halogenated alkanes) is 1. The molecule has 0 spiro atoms. The van der Waals surface area contributed by atoms with Gasteiger partial charge in [-0.3, -0.25) is 25.2 Å². The molecule has 0 bridgehead atoms. The molecule has 5 unspecified atom stereocenters.